The Morgan fingerprint density at radius 3 is 2.28 bits per heavy atom. The molecule has 2 unspecified atom stereocenters. The number of aromatic amines is 1. The number of likely N-dealkylation sites (tertiary alicyclic amines) is 2. The predicted molar refractivity (Wildman–Crippen MR) is 224 cm³/mol. The molecule has 0 radical (unpaired) electrons. The highest BCUT2D eigenvalue weighted by Gasteiger charge is 2.52. The third kappa shape index (κ3) is 8.06. The number of pyridine rings is 1. The molecule has 57 heavy (non-hydrogen) atoms. The number of benzene rings is 1. The molecule has 1 aromatic carbocycles. The number of ether oxygens (including phenoxy) is 2. The van der Waals surface area contributed by atoms with Crippen LogP contribution in [0.15, 0.2) is 27.9 Å². The molecule has 5 aliphatic carbocycles. The summed E-state index contributed by atoms with van der Waals surface area (Å²) in [5, 5.41) is 7.34. The number of nitrogens with one attached hydrogen (secondary N) is 3. The molecular formula is C45H62ClN5O5S. The smallest absolute Gasteiger partial charge is 0.254 e. The lowest BCUT2D eigenvalue weighted by Crippen LogP contribution is -2.64. The van der Waals surface area contributed by atoms with Crippen LogP contribution in [0.4, 0.5) is 0 Å². The second kappa shape index (κ2) is 15.8. The zero-order valence-corrected chi connectivity index (χ0v) is 35.9. The molecule has 3 N–H and O–H groups in total. The highest BCUT2D eigenvalue weighted by molar-refractivity contribution is 7.98. The monoisotopic (exact) mass is 819 g/mol. The van der Waals surface area contributed by atoms with E-state index in [1.54, 1.807) is 12.1 Å². The van der Waals surface area contributed by atoms with Gasteiger partial charge in [0, 0.05) is 96.9 Å². The number of thioether (sulfide) groups is 1. The highest BCUT2D eigenvalue weighted by Crippen LogP contribution is 2.61. The normalized spacial score (nSPS) is 34.1. The number of rotatable bonds is 10. The van der Waals surface area contributed by atoms with Crippen LogP contribution in [0, 0.1) is 36.0 Å². The van der Waals surface area contributed by atoms with Gasteiger partial charge < -0.3 is 30.0 Å². The standard InChI is InChI=1S/C45H62ClN5O5S/c1-26-13-39(57-4)37(43(54)48-26)23-47-42(53)36-17-32(46)18-38-41(36)27(2)55-44(3,56-38)31-5-7-33(8-6-31)49-34-24-51(25-34)35-9-11-50(12-10-35)40(52)22-45-19-28-14-29(20-45)16-30(15-28)21-45/h13,17-18,27-31,33-35,49H,5-12,14-16,19-25H2,1-4H3,(H,47,53)(H,48,54). The summed E-state index contributed by atoms with van der Waals surface area (Å²) in [5.74, 6) is 2.78. The van der Waals surface area contributed by atoms with E-state index in [0.717, 1.165) is 99.5 Å². The van der Waals surface area contributed by atoms with Gasteiger partial charge in [-0.2, -0.15) is 0 Å². The summed E-state index contributed by atoms with van der Waals surface area (Å²) in [6.45, 7) is 10.00. The number of hydrogen-bond donors (Lipinski definition) is 3. The van der Waals surface area contributed by atoms with E-state index in [4.69, 9.17) is 21.1 Å². The number of carbonyl (C=O) groups excluding carboxylic acids is 2. The molecule has 7 fully saturated rings. The first-order valence-corrected chi connectivity index (χ1v) is 23.5. The molecule has 5 saturated carbocycles. The van der Waals surface area contributed by atoms with E-state index < -0.39 is 5.79 Å². The van der Waals surface area contributed by atoms with Gasteiger partial charge in [0.25, 0.3) is 11.5 Å². The van der Waals surface area contributed by atoms with Crippen LogP contribution in [0.5, 0.6) is 5.75 Å². The lowest BCUT2D eigenvalue weighted by Gasteiger charge is -2.57. The molecule has 8 aliphatic rings. The van der Waals surface area contributed by atoms with Crippen molar-refractivity contribution in [2.24, 2.45) is 29.1 Å². The summed E-state index contributed by atoms with van der Waals surface area (Å²) in [6.07, 6.45) is 16.9. The molecule has 12 heteroatoms. The first-order chi connectivity index (χ1) is 27.4. The minimum atomic E-state index is -0.836. The zero-order chi connectivity index (χ0) is 39.6. The fraction of sp³-hybridized carbons (Fsp3) is 0.711. The van der Waals surface area contributed by atoms with Gasteiger partial charge in [-0.25, -0.2) is 0 Å². The molecule has 4 bridgehead atoms. The van der Waals surface area contributed by atoms with E-state index in [0.29, 0.717) is 56.9 Å². The van der Waals surface area contributed by atoms with Crippen molar-refractivity contribution < 1.29 is 19.1 Å². The number of aromatic nitrogens is 1. The lowest BCUT2D eigenvalue weighted by molar-refractivity contribution is -0.249. The van der Waals surface area contributed by atoms with Gasteiger partial charge in [-0.1, -0.05) is 11.6 Å². The summed E-state index contributed by atoms with van der Waals surface area (Å²) >= 11 is 8.07. The number of amides is 2. The van der Waals surface area contributed by atoms with Crippen molar-refractivity contribution in [2.75, 3.05) is 32.4 Å². The number of hydrogen-bond acceptors (Lipinski definition) is 8. The number of halogens is 1. The average molecular weight is 821 g/mol. The Kier molecular flexibility index (Phi) is 11.0. The van der Waals surface area contributed by atoms with Crippen LogP contribution < -0.4 is 20.9 Å². The molecular weight excluding hydrogens is 758 g/mol. The second-order valence-electron chi connectivity index (χ2n) is 19.3. The number of aryl methyl sites for hydroxylation is 1. The molecule has 2 saturated heterocycles. The summed E-state index contributed by atoms with van der Waals surface area (Å²) in [4.78, 5) is 48.4. The first-order valence-electron chi connectivity index (χ1n) is 21.9. The van der Waals surface area contributed by atoms with Crippen molar-refractivity contribution in [1.82, 2.24) is 25.4 Å². The summed E-state index contributed by atoms with van der Waals surface area (Å²) in [6, 6.07) is 6.96. The van der Waals surface area contributed by atoms with Crippen molar-refractivity contribution in [2.45, 2.75) is 146 Å². The van der Waals surface area contributed by atoms with Crippen molar-refractivity contribution in [3.05, 3.63) is 56.0 Å². The number of piperidine rings is 1. The molecule has 10 nitrogen and oxygen atoms in total. The van der Waals surface area contributed by atoms with Gasteiger partial charge in [0.05, 0.1) is 11.7 Å². The van der Waals surface area contributed by atoms with Gasteiger partial charge in [-0.15, -0.1) is 11.8 Å². The van der Waals surface area contributed by atoms with E-state index in [2.05, 4.69) is 25.4 Å². The SMILES string of the molecule is CSc1cc(C)[nH]c(=O)c1CNC(=O)c1cc(Cl)cc2c1C(C)OC(C)(C1CCC(NC3CN(C4CCN(C(=O)CC56CC7CC(CC(C7)C5)C6)CC4)C3)CC1)O2. The van der Waals surface area contributed by atoms with Gasteiger partial charge in [-0.3, -0.25) is 19.3 Å². The van der Waals surface area contributed by atoms with E-state index in [-0.39, 0.29) is 30.0 Å². The van der Waals surface area contributed by atoms with Crippen LogP contribution in [0.1, 0.15) is 131 Å². The Morgan fingerprint density at radius 2 is 1.63 bits per heavy atom. The predicted octanol–water partition coefficient (Wildman–Crippen LogP) is 7.60. The largest absolute Gasteiger partial charge is 0.462 e. The molecule has 4 heterocycles. The van der Waals surface area contributed by atoms with Gasteiger partial charge in [-0.05, 0) is 139 Å². The third-order valence-corrected chi connectivity index (χ3v) is 16.3. The number of nitrogens with zero attached hydrogens (tertiary/aromatic N) is 2. The van der Waals surface area contributed by atoms with E-state index in [1.165, 1.54) is 50.3 Å². The Balaban J connectivity index is 0.730. The van der Waals surface area contributed by atoms with Crippen LogP contribution in [0.3, 0.4) is 0 Å². The van der Waals surface area contributed by atoms with Crippen molar-refractivity contribution in [3.8, 4) is 5.75 Å². The van der Waals surface area contributed by atoms with Gasteiger partial charge in [0.1, 0.15) is 5.75 Å². The van der Waals surface area contributed by atoms with E-state index >= 15 is 0 Å². The van der Waals surface area contributed by atoms with E-state index in [9.17, 15) is 14.4 Å². The minimum Gasteiger partial charge on any atom is -0.462 e. The zero-order valence-electron chi connectivity index (χ0n) is 34.3. The van der Waals surface area contributed by atoms with Crippen LogP contribution in [-0.2, 0) is 16.1 Å². The molecule has 2 atom stereocenters. The van der Waals surface area contributed by atoms with Crippen LogP contribution in [0.2, 0.25) is 5.02 Å². The van der Waals surface area contributed by atoms with Gasteiger partial charge in [0.2, 0.25) is 11.7 Å². The quantitative estimate of drug-likeness (QED) is 0.210. The number of H-pyrrole nitrogens is 1. The van der Waals surface area contributed by atoms with Crippen LogP contribution in [0.25, 0.3) is 0 Å². The number of carbonyl (C=O) groups is 2. The summed E-state index contributed by atoms with van der Waals surface area (Å²) in [5.41, 5.74) is 2.51. The Morgan fingerprint density at radius 1 is 0.965 bits per heavy atom. The minimum absolute atomic E-state index is 0.0959. The summed E-state index contributed by atoms with van der Waals surface area (Å²) < 4.78 is 13.3. The van der Waals surface area contributed by atoms with Crippen molar-refractivity contribution in [1.29, 1.82) is 0 Å². The average Bonchev–Trinajstić information content (AvgIpc) is 3.14. The second-order valence-corrected chi connectivity index (χ2v) is 20.6. The molecule has 2 amide bonds. The Bertz CT molecular complexity index is 1880. The topological polar surface area (TPSA) is 116 Å². The van der Waals surface area contributed by atoms with Crippen molar-refractivity contribution in [3.63, 3.8) is 0 Å². The fourth-order valence-electron chi connectivity index (χ4n) is 12.9. The van der Waals surface area contributed by atoms with Crippen molar-refractivity contribution >= 4 is 35.2 Å². The Labute approximate surface area is 347 Å². The highest BCUT2D eigenvalue weighted by atomic mass is 35.5. The van der Waals surface area contributed by atoms with Gasteiger partial charge in [0.15, 0.2) is 0 Å². The number of fused-ring (bicyclic) bond motifs is 1. The Hall–Kier alpha value is -2.57. The lowest BCUT2D eigenvalue weighted by atomic mass is 9.49. The first kappa shape index (κ1) is 39.9. The maximum absolute atomic E-state index is 13.6. The molecule has 0 spiro atoms. The maximum atomic E-state index is 13.6. The molecule has 3 aliphatic heterocycles. The molecule has 10 rings (SSSR count). The molecule has 310 valence electrons. The fourth-order valence-corrected chi connectivity index (χ4v) is 13.8. The van der Waals surface area contributed by atoms with Crippen LogP contribution in [-0.4, -0.2) is 82.9 Å². The molecule has 1 aromatic heterocycles. The van der Waals surface area contributed by atoms with Crippen LogP contribution >= 0.6 is 23.4 Å². The maximum Gasteiger partial charge on any atom is 0.254 e. The van der Waals surface area contributed by atoms with Gasteiger partial charge >= 0.3 is 0 Å². The molecule has 2 aromatic rings. The third-order valence-electron chi connectivity index (χ3n) is 15.2. The summed E-state index contributed by atoms with van der Waals surface area (Å²) in [7, 11) is 0. The van der Waals surface area contributed by atoms with E-state index in [1.807, 2.05) is 33.1 Å².